The van der Waals surface area contributed by atoms with E-state index in [0.29, 0.717) is 30.3 Å². The molecular formula is C18H24ClN3O3. The molecule has 0 bridgehead atoms. The van der Waals surface area contributed by atoms with Gasteiger partial charge in [0.1, 0.15) is 6.04 Å². The number of nitrogens with zero attached hydrogens (tertiary/aromatic N) is 2. The number of amides is 3. The fraction of sp³-hybridized carbons (Fsp3) is 0.500. The Morgan fingerprint density at radius 2 is 1.76 bits per heavy atom. The van der Waals surface area contributed by atoms with Crippen LogP contribution in [0, 0.1) is 6.92 Å². The van der Waals surface area contributed by atoms with Gasteiger partial charge in [-0.2, -0.15) is 0 Å². The minimum atomic E-state index is -0.774. The third-order valence-electron chi connectivity index (χ3n) is 5.03. The second-order valence-electron chi connectivity index (χ2n) is 6.59. The number of fused-ring (bicyclic) bond motifs is 1. The van der Waals surface area contributed by atoms with E-state index in [0.717, 1.165) is 23.3 Å². The number of benzene rings is 1. The summed E-state index contributed by atoms with van der Waals surface area (Å²) in [5.41, 5.74) is 1.71. The fourth-order valence-electron chi connectivity index (χ4n) is 3.49. The van der Waals surface area contributed by atoms with Crippen LogP contribution in [0.25, 0.3) is 0 Å². The van der Waals surface area contributed by atoms with Crippen molar-refractivity contribution >= 4 is 30.1 Å². The van der Waals surface area contributed by atoms with Crippen molar-refractivity contribution in [1.29, 1.82) is 0 Å². The Balaban J connectivity index is 0.00000225. The lowest BCUT2D eigenvalue weighted by Gasteiger charge is -2.35. The maximum absolute atomic E-state index is 12.7. The third-order valence-corrected chi connectivity index (χ3v) is 5.03. The summed E-state index contributed by atoms with van der Waals surface area (Å²) in [7, 11) is 1.92. The van der Waals surface area contributed by atoms with Crippen molar-refractivity contribution in [3.05, 3.63) is 34.9 Å². The number of carbonyl (C=O) groups is 3. The quantitative estimate of drug-likeness (QED) is 0.826. The SMILES string of the molecule is CNC1CCN(C(=O)C(C)N2C(=O)c3ccc(C)cc3C2=O)CC1.Cl. The summed E-state index contributed by atoms with van der Waals surface area (Å²) in [4.78, 5) is 40.8. The van der Waals surface area contributed by atoms with Gasteiger partial charge >= 0.3 is 0 Å². The third kappa shape index (κ3) is 3.41. The first-order valence-electron chi connectivity index (χ1n) is 8.38. The molecule has 1 N–H and O–H groups in total. The Bertz CT molecular complexity index is 699. The number of halogens is 1. The van der Waals surface area contributed by atoms with Gasteiger partial charge in [0, 0.05) is 19.1 Å². The molecule has 136 valence electrons. The number of likely N-dealkylation sites (tertiary alicyclic amines) is 1. The van der Waals surface area contributed by atoms with Crippen LogP contribution in [0.1, 0.15) is 46.0 Å². The lowest BCUT2D eigenvalue weighted by molar-refractivity contribution is -0.136. The number of imide groups is 1. The van der Waals surface area contributed by atoms with Gasteiger partial charge in [-0.15, -0.1) is 12.4 Å². The van der Waals surface area contributed by atoms with Crippen molar-refractivity contribution < 1.29 is 14.4 Å². The van der Waals surface area contributed by atoms with E-state index in [-0.39, 0.29) is 30.1 Å². The predicted octanol–water partition coefficient (Wildman–Crippen LogP) is 1.61. The van der Waals surface area contributed by atoms with Crippen LogP contribution in [0.5, 0.6) is 0 Å². The zero-order chi connectivity index (χ0) is 17.4. The van der Waals surface area contributed by atoms with E-state index in [2.05, 4.69) is 5.32 Å². The van der Waals surface area contributed by atoms with Gasteiger partial charge in [0.05, 0.1) is 11.1 Å². The van der Waals surface area contributed by atoms with Crippen LogP contribution in [0.2, 0.25) is 0 Å². The van der Waals surface area contributed by atoms with Crippen LogP contribution in [0.15, 0.2) is 18.2 Å². The molecule has 2 aliphatic heterocycles. The predicted molar refractivity (Wildman–Crippen MR) is 97.1 cm³/mol. The number of nitrogens with one attached hydrogen (secondary N) is 1. The van der Waals surface area contributed by atoms with Gasteiger partial charge in [-0.3, -0.25) is 19.3 Å². The molecule has 1 saturated heterocycles. The summed E-state index contributed by atoms with van der Waals surface area (Å²) < 4.78 is 0. The Morgan fingerprint density at radius 3 is 2.36 bits per heavy atom. The standard InChI is InChI=1S/C18H23N3O3.ClH/c1-11-4-5-14-15(10-11)18(24)21(17(14)23)12(2)16(22)20-8-6-13(19-3)7-9-20;/h4-5,10,12-13,19H,6-9H2,1-3H3;1H. The topological polar surface area (TPSA) is 69.7 Å². The van der Waals surface area contributed by atoms with Crippen LogP contribution in [0.4, 0.5) is 0 Å². The molecule has 1 unspecified atom stereocenters. The number of piperidine rings is 1. The molecule has 3 amide bonds. The van der Waals surface area contributed by atoms with Gasteiger partial charge in [0.2, 0.25) is 5.91 Å². The average molecular weight is 366 g/mol. The van der Waals surface area contributed by atoms with E-state index >= 15 is 0 Å². The molecule has 0 aliphatic carbocycles. The van der Waals surface area contributed by atoms with Gasteiger partial charge in [-0.05, 0) is 45.9 Å². The Morgan fingerprint density at radius 1 is 1.16 bits per heavy atom. The zero-order valence-corrected chi connectivity index (χ0v) is 15.6. The van der Waals surface area contributed by atoms with E-state index < -0.39 is 6.04 Å². The van der Waals surface area contributed by atoms with E-state index in [4.69, 9.17) is 0 Å². The summed E-state index contributed by atoms with van der Waals surface area (Å²) in [6.45, 7) is 4.82. The normalized spacial score (nSPS) is 18.8. The second-order valence-corrected chi connectivity index (χ2v) is 6.59. The smallest absolute Gasteiger partial charge is 0.262 e. The molecule has 6 nitrogen and oxygen atoms in total. The molecule has 0 saturated carbocycles. The molecule has 1 atom stereocenters. The number of carbonyl (C=O) groups excluding carboxylic acids is 3. The lowest BCUT2D eigenvalue weighted by atomic mass is 10.0. The Labute approximate surface area is 154 Å². The van der Waals surface area contributed by atoms with Crippen LogP contribution < -0.4 is 5.32 Å². The van der Waals surface area contributed by atoms with Gasteiger partial charge < -0.3 is 10.2 Å². The molecule has 2 aliphatic rings. The van der Waals surface area contributed by atoms with E-state index in [9.17, 15) is 14.4 Å². The molecule has 2 heterocycles. The molecule has 0 radical (unpaired) electrons. The maximum atomic E-state index is 12.7. The number of aryl methyl sites for hydroxylation is 1. The highest BCUT2D eigenvalue weighted by atomic mass is 35.5. The number of rotatable bonds is 3. The fourth-order valence-corrected chi connectivity index (χ4v) is 3.49. The molecule has 0 spiro atoms. The molecule has 25 heavy (non-hydrogen) atoms. The largest absolute Gasteiger partial charge is 0.341 e. The number of hydrogen-bond acceptors (Lipinski definition) is 4. The highest BCUT2D eigenvalue weighted by molar-refractivity contribution is 6.22. The summed E-state index contributed by atoms with van der Waals surface area (Å²) in [6.07, 6.45) is 1.77. The molecular weight excluding hydrogens is 342 g/mol. The van der Waals surface area contributed by atoms with Crippen LogP contribution in [-0.4, -0.2) is 59.7 Å². The van der Waals surface area contributed by atoms with Gasteiger partial charge in [-0.25, -0.2) is 0 Å². The van der Waals surface area contributed by atoms with Crippen molar-refractivity contribution in [2.75, 3.05) is 20.1 Å². The summed E-state index contributed by atoms with van der Waals surface area (Å²) in [5.74, 6) is -0.901. The first kappa shape index (κ1) is 19.4. The molecule has 1 aromatic carbocycles. The zero-order valence-electron chi connectivity index (χ0n) is 14.7. The maximum Gasteiger partial charge on any atom is 0.262 e. The Hall–Kier alpha value is -1.92. The monoisotopic (exact) mass is 365 g/mol. The molecule has 3 rings (SSSR count). The van der Waals surface area contributed by atoms with Gasteiger partial charge in [0.15, 0.2) is 0 Å². The van der Waals surface area contributed by atoms with E-state index in [1.807, 2.05) is 20.0 Å². The average Bonchev–Trinajstić information content (AvgIpc) is 2.84. The first-order chi connectivity index (χ1) is 11.4. The first-order valence-corrected chi connectivity index (χ1v) is 8.38. The molecule has 1 aromatic rings. The summed E-state index contributed by atoms with van der Waals surface area (Å²) in [5, 5.41) is 3.22. The summed E-state index contributed by atoms with van der Waals surface area (Å²) in [6, 6.07) is 4.84. The second kappa shape index (κ2) is 7.54. The van der Waals surface area contributed by atoms with Crippen LogP contribution >= 0.6 is 12.4 Å². The minimum Gasteiger partial charge on any atom is -0.341 e. The molecule has 7 heteroatoms. The van der Waals surface area contributed by atoms with Crippen LogP contribution in [0.3, 0.4) is 0 Å². The minimum absolute atomic E-state index is 0. The van der Waals surface area contributed by atoms with E-state index in [1.54, 1.807) is 24.0 Å². The Kier molecular flexibility index (Phi) is 5.85. The van der Waals surface area contributed by atoms with E-state index in [1.165, 1.54) is 0 Å². The lowest BCUT2D eigenvalue weighted by Crippen LogP contribution is -2.52. The molecule has 1 fully saturated rings. The highest BCUT2D eigenvalue weighted by Gasteiger charge is 2.42. The van der Waals surface area contributed by atoms with Crippen molar-refractivity contribution in [2.24, 2.45) is 0 Å². The number of hydrogen-bond donors (Lipinski definition) is 1. The van der Waals surface area contributed by atoms with Crippen molar-refractivity contribution in [3.8, 4) is 0 Å². The van der Waals surface area contributed by atoms with Crippen molar-refractivity contribution in [1.82, 2.24) is 15.1 Å². The van der Waals surface area contributed by atoms with Gasteiger partial charge in [-0.1, -0.05) is 11.6 Å². The van der Waals surface area contributed by atoms with Crippen LogP contribution in [-0.2, 0) is 4.79 Å². The highest BCUT2D eigenvalue weighted by Crippen LogP contribution is 2.26. The summed E-state index contributed by atoms with van der Waals surface area (Å²) >= 11 is 0. The molecule has 0 aromatic heterocycles. The van der Waals surface area contributed by atoms with Crippen molar-refractivity contribution in [3.63, 3.8) is 0 Å². The van der Waals surface area contributed by atoms with Gasteiger partial charge in [0.25, 0.3) is 11.8 Å². The van der Waals surface area contributed by atoms with Crippen molar-refractivity contribution in [2.45, 2.75) is 38.8 Å².